The second-order valence-corrected chi connectivity index (χ2v) is 11.7. The standard InChI is InChI=1S/C32H30FN7O2/c33-27-6-2-21(14-26(27)31(42)39-12-10-38(11-13-39)29-7-3-22(17-34)18-35-29)15-28-25-16-23(4-5-24(25)30(41)37-36-28)40-19-32(20-40)8-1-9-32/h2-7,14,16,18H,1,8-13,15,19-20H2,(H,37,41). The average molecular weight is 564 g/mol. The first-order chi connectivity index (χ1) is 20.4. The molecular formula is C32H30FN7O2. The number of nitrogens with one attached hydrogen (secondary N) is 1. The van der Waals surface area contributed by atoms with Crippen LogP contribution in [0.5, 0.6) is 0 Å². The van der Waals surface area contributed by atoms with Crippen molar-refractivity contribution in [1.82, 2.24) is 20.1 Å². The van der Waals surface area contributed by atoms with E-state index in [-0.39, 0.29) is 17.0 Å². The first kappa shape index (κ1) is 26.1. The molecule has 7 rings (SSSR count). The molecule has 42 heavy (non-hydrogen) atoms. The molecule has 1 saturated carbocycles. The van der Waals surface area contributed by atoms with Gasteiger partial charge in [-0.15, -0.1) is 0 Å². The van der Waals surface area contributed by atoms with Gasteiger partial charge in [0, 0.05) is 68.4 Å². The third-order valence-corrected chi connectivity index (χ3v) is 9.08. The van der Waals surface area contributed by atoms with E-state index >= 15 is 0 Å². The summed E-state index contributed by atoms with van der Waals surface area (Å²) in [6.07, 6.45) is 5.77. The van der Waals surface area contributed by atoms with Crippen LogP contribution in [-0.4, -0.2) is 65.3 Å². The summed E-state index contributed by atoms with van der Waals surface area (Å²) in [6.45, 7) is 4.06. The Bertz CT molecular complexity index is 1780. The van der Waals surface area contributed by atoms with E-state index in [1.807, 2.05) is 23.1 Å². The van der Waals surface area contributed by atoms with Crippen molar-refractivity contribution in [1.29, 1.82) is 5.26 Å². The highest BCUT2D eigenvalue weighted by atomic mass is 19.1. The molecule has 3 aliphatic rings. The predicted octanol–water partition coefficient (Wildman–Crippen LogP) is 3.87. The molecule has 2 aromatic heterocycles. The SMILES string of the molecule is N#Cc1ccc(N2CCN(C(=O)c3cc(Cc4n[nH]c(=O)c5ccc(N6CC7(CCC7)C6)cc45)ccc3F)CC2)nc1. The second kappa shape index (κ2) is 10.2. The van der Waals surface area contributed by atoms with Gasteiger partial charge in [-0.2, -0.15) is 10.4 Å². The Morgan fingerprint density at radius 1 is 1.00 bits per heavy atom. The smallest absolute Gasteiger partial charge is 0.272 e. The van der Waals surface area contributed by atoms with Gasteiger partial charge in [-0.3, -0.25) is 9.59 Å². The van der Waals surface area contributed by atoms with Crippen LogP contribution >= 0.6 is 0 Å². The summed E-state index contributed by atoms with van der Waals surface area (Å²) in [5.74, 6) is -0.176. The van der Waals surface area contributed by atoms with Crippen LogP contribution in [0.1, 0.15) is 46.4 Å². The number of piperazine rings is 1. The number of H-pyrrole nitrogens is 1. The van der Waals surface area contributed by atoms with Gasteiger partial charge >= 0.3 is 0 Å². The first-order valence-electron chi connectivity index (χ1n) is 14.4. The van der Waals surface area contributed by atoms with Gasteiger partial charge in [0.2, 0.25) is 0 Å². The number of hydrogen-bond donors (Lipinski definition) is 1. The van der Waals surface area contributed by atoms with Crippen molar-refractivity contribution in [2.75, 3.05) is 49.1 Å². The van der Waals surface area contributed by atoms with Crippen molar-refractivity contribution < 1.29 is 9.18 Å². The Balaban J connectivity index is 1.08. The highest BCUT2D eigenvalue weighted by Gasteiger charge is 2.47. The molecular weight excluding hydrogens is 533 g/mol. The number of fused-ring (bicyclic) bond motifs is 1. The molecule has 1 N–H and O–H groups in total. The Morgan fingerprint density at radius 3 is 2.50 bits per heavy atom. The second-order valence-electron chi connectivity index (χ2n) is 11.7. The molecule has 1 spiro atoms. The molecule has 212 valence electrons. The van der Waals surface area contributed by atoms with Crippen LogP contribution in [-0.2, 0) is 6.42 Å². The normalized spacial score (nSPS) is 17.6. The Hall–Kier alpha value is -4.78. The average Bonchev–Trinajstić information content (AvgIpc) is 2.98. The van der Waals surface area contributed by atoms with Crippen LogP contribution in [0.2, 0.25) is 0 Å². The van der Waals surface area contributed by atoms with E-state index in [1.54, 1.807) is 29.2 Å². The van der Waals surface area contributed by atoms with E-state index in [0.717, 1.165) is 35.5 Å². The summed E-state index contributed by atoms with van der Waals surface area (Å²) in [4.78, 5) is 36.4. The molecule has 10 heteroatoms. The lowest BCUT2D eigenvalue weighted by Gasteiger charge is -2.57. The van der Waals surface area contributed by atoms with E-state index in [4.69, 9.17) is 5.26 Å². The number of aromatic nitrogens is 3. The number of carbonyl (C=O) groups excluding carboxylic acids is 1. The number of benzene rings is 2. The lowest BCUT2D eigenvalue weighted by atomic mass is 9.63. The quantitative estimate of drug-likeness (QED) is 0.393. The van der Waals surface area contributed by atoms with Crippen molar-refractivity contribution in [2.24, 2.45) is 5.41 Å². The van der Waals surface area contributed by atoms with Crippen molar-refractivity contribution in [2.45, 2.75) is 25.7 Å². The third-order valence-electron chi connectivity index (χ3n) is 9.08. The number of rotatable bonds is 5. The lowest BCUT2D eigenvalue weighted by molar-refractivity contribution is 0.0741. The summed E-state index contributed by atoms with van der Waals surface area (Å²) < 4.78 is 15.0. The Labute approximate surface area is 242 Å². The van der Waals surface area contributed by atoms with Gasteiger partial charge < -0.3 is 14.7 Å². The van der Waals surface area contributed by atoms with Crippen LogP contribution in [0, 0.1) is 22.6 Å². The fourth-order valence-electron chi connectivity index (χ4n) is 6.47. The molecule has 3 fully saturated rings. The molecule has 4 heterocycles. The molecule has 2 saturated heterocycles. The van der Waals surface area contributed by atoms with Crippen molar-refractivity contribution in [3.63, 3.8) is 0 Å². The number of hydrogen-bond acceptors (Lipinski definition) is 7. The third kappa shape index (κ3) is 4.65. The predicted molar refractivity (Wildman–Crippen MR) is 157 cm³/mol. The van der Waals surface area contributed by atoms with Crippen molar-refractivity contribution in [3.8, 4) is 6.07 Å². The van der Waals surface area contributed by atoms with Crippen molar-refractivity contribution >= 4 is 28.2 Å². The maximum atomic E-state index is 15.0. The minimum atomic E-state index is -0.566. The summed E-state index contributed by atoms with van der Waals surface area (Å²) in [5.41, 5.74) is 3.25. The summed E-state index contributed by atoms with van der Waals surface area (Å²) in [6, 6.07) is 16.1. The fourth-order valence-corrected chi connectivity index (χ4v) is 6.47. The van der Waals surface area contributed by atoms with Crippen molar-refractivity contribution in [3.05, 3.63) is 93.3 Å². The van der Waals surface area contributed by atoms with E-state index in [1.165, 1.54) is 31.5 Å². The highest BCUT2D eigenvalue weighted by molar-refractivity contribution is 5.95. The van der Waals surface area contributed by atoms with Gasteiger partial charge in [-0.25, -0.2) is 14.5 Å². The van der Waals surface area contributed by atoms with Crippen LogP contribution in [0.3, 0.4) is 0 Å². The molecule has 0 radical (unpaired) electrons. The number of nitriles is 1. The molecule has 0 bridgehead atoms. The Morgan fingerprint density at radius 2 is 1.81 bits per heavy atom. The van der Waals surface area contributed by atoms with Crippen LogP contribution in [0.15, 0.2) is 59.5 Å². The Kier molecular flexibility index (Phi) is 6.38. The number of halogens is 1. The van der Waals surface area contributed by atoms with E-state index in [9.17, 15) is 14.0 Å². The molecule has 1 amide bonds. The molecule has 4 aromatic rings. The molecule has 2 aliphatic heterocycles. The van der Waals surface area contributed by atoms with Crippen LogP contribution in [0.25, 0.3) is 10.8 Å². The van der Waals surface area contributed by atoms with Gasteiger partial charge in [-0.1, -0.05) is 12.5 Å². The topological polar surface area (TPSA) is 109 Å². The fraction of sp³-hybridized carbons (Fsp3) is 0.344. The zero-order valence-electron chi connectivity index (χ0n) is 23.1. The maximum Gasteiger partial charge on any atom is 0.272 e. The number of nitrogens with zero attached hydrogens (tertiary/aromatic N) is 6. The number of pyridine rings is 1. The minimum absolute atomic E-state index is 0.0262. The zero-order valence-corrected chi connectivity index (χ0v) is 23.1. The van der Waals surface area contributed by atoms with Gasteiger partial charge in [0.15, 0.2) is 0 Å². The molecule has 9 nitrogen and oxygen atoms in total. The zero-order chi connectivity index (χ0) is 28.8. The molecule has 0 unspecified atom stereocenters. The monoisotopic (exact) mass is 563 g/mol. The van der Waals surface area contributed by atoms with Crippen LogP contribution in [0.4, 0.5) is 15.9 Å². The van der Waals surface area contributed by atoms with Gasteiger partial charge in [-0.05, 0) is 60.9 Å². The van der Waals surface area contributed by atoms with Gasteiger partial charge in [0.05, 0.1) is 22.2 Å². The first-order valence-corrected chi connectivity index (χ1v) is 14.4. The van der Waals surface area contributed by atoms with E-state index < -0.39 is 5.82 Å². The lowest BCUT2D eigenvalue weighted by Crippen LogP contribution is -2.59. The summed E-state index contributed by atoms with van der Waals surface area (Å²) in [7, 11) is 0. The largest absolute Gasteiger partial charge is 0.370 e. The maximum absolute atomic E-state index is 15.0. The molecule has 2 aromatic carbocycles. The molecule has 1 aliphatic carbocycles. The van der Waals surface area contributed by atoms with Gasteiger partial charge in [0.25, 0.3) is 11.5 Å². The minimum Gasteiger partial charge on any atom is -0.370 e. The highest BCUT2D eigenvalue weighted by Crippen LogP contribution is 2.49. The van der Waals surface area contributed by atoms with Crippen LogP contribution < -0.4 is 15.4 Å². The van der Waals surface area contributed by atoms with Gasteiger partial charge in [0.1, 0.15) is 17.7 Å². The molecule has 0 atom stereocenters. The number of amides is 1. The summed E-state index contributed by atoms with van der Waals surface area (Å²) in [5, 5.41) is 17.3. The number of anilines is 2. The van der Waals surface area contributed by atoms with E-state index in [2.05, 4.69) is 26.2 Å². The summed E-state index contributed by atoms with van der Waals surface area (Å²) >= 11 is 0. The number of carbonyl (C=O) groups is 1. The van der Waals surface area contributed by atoms with E-state index in [0.29, 0.717) is 54.7 Å². The number of aromatic amines is 1.